The molecule has 0 amide bonds. The minimum absolute atomic E-state index is 0.317. The van der Waals surface area contributed by atoms with E-state index >= 15 is 0 Å². The Labute approximate surface area is 130 Å². The van der Waals surface area contributed by atoms with Gasteiger partial charge >= 0.3 is 0 Å². The highest BCUT2D eigenvalue weighted by molar-refractivity contribution is 5.47. The second-order valence-corrected chi connectivity index (χ2v) is 5.73. The van der Waals surface area contributed by atoms with Crippen LogP contribution in [0.2, 0.25) is 0 Å². The molecule has 2 unspecified atom stereocenters. The summed E-state index contributed by atoms with van der Waals surface area (Å²) >= 11 is 0. The zero-order valence-corrected chi connectivity index (χ0v) is 12.5. The molecule has 2 heterocycles. The SMILES string of the molecule is COc1ccccc1C1CNCC1c1ccc2c(c1)OCO2. The molecule has 4 heteroatoms. The van der Waals surface area contributed by atoms with Crippen LogP contribution in [0.5, 0.6) is 17.2 Å². The van der Waals surface area contributed by atoms with Crippen LogP contribution in [0.25, 0.3) is 0 Å². The van der Waals surface area contributed by atoms with Gasteiger partial charge in [0.2, 0.25) is 6.79 Å². The number of fused-ring (bicyclic) bond motifs is 1. The van der Waals surface area contributed by atoms with Crippen molar-refractivity contribution in [3.05, 3.63) is 53.6 Å². The van der Waals surface area contributed by atoms with Gasteiger partial charge in [0.25, 0.3) is 0 Å². The van der Waals surface area contributed by atoms with Crippen LogP contribution in [-0.2, 0) is 0 Å². The van der Waals surface area contributed by atoms with Gasteiger partial charge in [-0.3, -0.25) is 0 Å². The molecule has 1 fully saturated rings. The molecule has 0 radical (unpaired) electrons. The predicted octanol–water partition coefficient (Wildman–Crippen LogP) is 2.89. The zero-order chi connectivity index (χ0) is 14.9. The lowest BCUT2D eigenvalue weighted by molar-refractivity contribution is 0.174. The van der Waals surface area contributed by atoms with E-state index in [1.165, 1.54) is 11.1 Å². The van der Waals surface area contributed by atoms with Crippen LogP contribution in [-0.4, -0.2) is 27.0 Å². The third kappa shape index (κ3) is 2.20. The van der Waals surface area contributed by atoms with Gasteiger partial charge < -0.3 is 19.5 Å². The van der Waals surface area contributed by atoms with E-state index in [2.05, 4.69) is 29.6 Å². The fraction of sp³-hybridized carbons (Fsp3) is 0.333. The summed E-state index contributed by atoms with van der Waals surface area (Å²) in [6.07, 6.45) is 0. The molecule has 2 aliphatic rings. The summed E-state index contributed by atoms with van der Waals surface area (Å²) in [6, 6.07) is 14.6. The maximum absolute atomic E-state index is 5.54. The molecule has 2 atom stereocenters. The van der Waals surface area contributed by atoms with Crippen LogP contribution >= 0.6 is 0 Å². The molecule has 0 saturated carbocycles. The van der Waals surface area contributed by atoms with Crippen molar-refractivity contribution in [3.8, 4) is 17.2 Å². The number of hydrogen-bond acceptors (Lipinski definition) is 4. The summed E-state index contributed by atoms with van der Waals surface area (Å²) < 4.78 is 16.5. The normalized spacial score (nSPS) is 22.8. The van der Waals surface area contributed by atoms with E-state index in [9.17, 15) is 0 Å². The molecule has 1 saturated heterocycles. The molecule has 114 valence electrons. The largest absolute Gasteiger partial charge is 0.496 e. The Kier molecular flexibility index (Phi) is 3.39. The Balaban J connectivity index is 1.69. The number of hydrogen-bond donors (Lipinski definition) is 1. The first-order chi connectivity index (χ1) is 10.9. The van der Waals surface area contributed by atoms with Gasteiger partial charge in [-0.25, -0.2) is 0 Å². The third-order valence-electron chi connectivity index (χ3n) is 4.58. The lowest BCUT2D eigenvalue weighted by Gasteiger charge is -2.21. The second-order valence-electron chi connectivity index (χ2n) is 5.73. The first kappa shape index (κ1) is 13.5. The Morgan fingerprint density at radius 3 is 2.73 bits per heavy atom. The summed E-state index contributed by atoms with van der Waals surface area (Å²) in [6.45, 7) is 2.24. The van der Waals surface area contributed by atoms with E-state index < -0.39 is 0 Å². The fourth-order valence-electron chi connectivity index (χ4n) is 3.47. The smallest absolute Gasteiger partial charge is 0.231 e. The predicted molar refractivity (Wildman–Crippen MR) is 83.9 cm³/mol. The number of rotatable bonds is 3. The fourth-order valence-corrected chi connectivity index (χ4v) is 3.47. The summed E-state index contributed by atoms with van der Waals surface area (Å²) in [4.78, 5) is 0. The summed E-state index contributed by atoms with van der Waals surface area (Å²) in [5.74, 6) is 3.45. The van der Waals surface area contributed by atoms with Crippen molar-refractivity contribution < 1.29 is 14.2 Å². The number of benzene rings is 2. The minimum atomic E-state index is 0.317. The van der Waals surface area contributed by atoms with Crippen LogP contribution in [0, 0.1) is 0 Å². The van der Waals surface area contributed by atoms with Gasteiger partial charge in [0.05, 0.1) is 7.11 Å². The van der Waals surface area contributed by atoms with Crippen molar-refractivity contribution in [1.29, 1.82) is 0 Å². The average Bonchev–Trinajstić information content (AvgIpc) is 3.22. The monoisotopic (exact) mass is 297 g/mol. The van der Waals surface area contributed by atoms with Gasteiger partial charge in [0.1, 0.15) is 5.75 Å². The topological polar surface area (TPSA) is 39.7 Å². The number of para-hydroxylation sites is 1. The van der Waals surface area contributed by atoms with Crippen molar-refractivity contribution in [2.45, 2.75) is 11.8 Å². The Morgan fingerprint density at radius 2 is 1.82 bits per heavy atom. The van der Waals surface area contributed by atoms with E-state index in [4.69, 9.17) is 14.2 Å². The summed E-state index contributed by atoms with van der Waals surface area (Å²) in [5, 5.41) is 3.51. The van der Waals surface area contributed by atoms with Gasteiger partial charge in [-0.1, -0.05) is 24.3 Å². The van der Waals surface area contributed by atoms with E-state index in [1.807, 2.05) is 18.2 Å². The standard InChI is InChI=1S/C18H19NO3/c1-20-16-5-3-2-4-13(16)15-10-19-9-14(15)12-6-7-17-18(8-12)22-11-21-17/h2-8,14-15,19H,9-11H2,1H3. The molecule has 0 spiro atoms. The van der Waals surface area contributed by atoms with E-state index in [1.54, 1.807) is 7.11 Å². The molecular weight excluding hydrogens is 278 g/mol. The van der Waals surface area contributed by atoms with Gasteiger partial charge in [0, 0.05) is 24.9 Å². The lowest BCUT2D eigenvalue weighted by Crippen LogP contribution is -2.10. The highest BCUT2D eigenvalue weighted by Gasteiger charge is 2.32. The molecule has 22 heavy (non-hydrogen) atoms. The van der Waals surface area contributed by atoms with Crippen LogP contribution < -0.4 is 19.5 Å². The zero-order valence-electron chi connectivity index (χ0n) is 12.5. The lowest BCUT2D eigenvalue weighted by atomic mass is 9.83. The summed E-state index contributed by atoms with van der Waals surface area (Å²) in [7, 11) is 1.73. The second kappa shape index (κ2) is 5.54. The minimum Gasteiger partial charge on any atom is -0.496 e. The van der Waals surface area contributed by atoms with Crippen LogP contribution in [0.4, 0.5) is 0 Å². The first-order valence-electron chi connectivity index (χ1n) is 7.60. The molecular formula is C18H19NO3. The molecule has 2 aliphatic heterocycles. The van der Waals surface area contributed by atoms with Crippen molar-refractivity contribution >= 4 is 0 Å². The highest BCUT2D eigenvalue weighted by Crippen LogP contribution is 2.42. The molecule has 4 nitrogen and oxygen atoms in total. The van der Waals surface area contributed by atoms with Crippen LogP contribution in [0.15, 0.2) is 42.5 Å². The summed E-state index contributed by atoms with van der Waals surface area (Å²) in [5.41, 5.74) is 2.54. The number of nitrogens with one attached hydrogen (secondary N) is 1. The van der Waals surface area contributed by atoms with Crippen molar-refractivity contribution in [1.82, 2.24) is 5.32 Å². The number of ether oxygens (including phenoxy) is 3. The number of methoxy groups -OCH3 is 1. The molecule has 4 rings (SSSR count). The van der Waals surface area contributed by atoms with Crippen molar-refractivity contribution in [2.75, 3.05) is 27.0 Å². The molecule has 0 aromatic heterocycles. The quantitative estimate of drug-likeness (QED) is 0.945. The average molecular weight is 297 g/mol. The van der Waals surface area contributed by atoms with Gasteiger partial charge in [-0.2, -0.15) is 0 Å². The Morgan fingerprint density at radius 1 is 1.00 bits per heavy atom. The van der Waals surface area contributed by atoms with Crippen LogP contribution in [0.3, 0.4) is 0 Å². The van der Waals surface area contributed by atoms with Crippen molar-refractivity contribution in [2.24, 2.45) is 0 Å². The van der Waals surface area contributed by atoms with Crippen molar-refractivity contribution in [3.63, 3.8) is 0 Å². The van der Waals surface area contributed by atoms with E-state index in [0.717, 1.165) is 30.3 Å². The van der Waals surface area contributed by atoms with E-state index in [-0.39, 0.29) is 0 Å². The molecule has 0 aliphatic carbocycles. The maximum atomic E-state index is 5.54. The molecule has 1 N–H and O–H groups in total. The maximum Gasteiger partial charge on any atom is 0.231 e. The van der Waals surface area contributed by atoms with Gasteiger partial charge in [0.15, 0.2) is 11.5 Å². The van der Waals surface area contributed by atoms with Gasteiger partial charge in [-0.05, 0) is 29.3 Å². The Hall–Kier alpha value is -2.20. The highest BCUT2D eigenvalue weighted by atomic mass is 16.7. The Bertz CT molecular complexity index is 686. The first-order valence-corrected chi connectivity index (χ1v) is 7.60. The molecule has 2 aromatic carbocycles. The molecule has 0 bridgehead atoms. The van der Waals surface area contributed by atoms with Crippen LogP contribution in [0.1, 0.15) is 23.0 Å². The van der Waals surface area contributed by atoms with E-state index in [0.29, 0.717) is 18.6 Å². The third-order valence-corrected chi connectivity index (χ3v) is 4.58. The molecule has 2 aromatic rings. The van der Waals surface area contributed by atoms with Gasteiger partial charge in [-0.15, -0.1) is 0 Å².